The van der Waals surface area contributed by atoms with Crippen LogP contribution in [-0.4, -0.2) is 49.4 Å². The summed E-state index contributed by atoms with van der Waals surface area (Å²) >= 11 is 7.03. The number of carbonyl (C=O) groups is 2. The van der Waals surface area contributed by atoms with Crippen LogP contribution >= 0.6 is 23.4 Å². The number of hydrogen-bond acceptors (Lipinski definition) is 6. The van der Waals surface area contributed by atoms with Crippen LogP contribution in [0.3, 0.4) is 0 Å². The van der Waals surface area contributed by atoms with Crippen LogP contribution in [0, 0.1) is 0 Å². The Hall–Kier alpha value is -1.25. The summed E-state index contributed by atoms with van der Waals surface area (Å²) < 4.78 is 27.5. The standard InChI is InChI=1S/C15H18ClNO5S2/c16-12-3-1-11(2-4-12)7-17-14(18)8-22-15(19)9-23-13-5-6-24(20,21)10-13/h1-4,13H,5-10H2,(H,17,18)/t13-/m1/s1. The summed E-state index contributed by atoms with van der Waals surface area (Å²) in [5.74, 6) is -0.595. The monoisotopic (exact) mass is 391 g/mol. The summed E-state index contributed by atoms with van der Waals surface area (Å²) in [7, 11) is -2.95. The quantitative estimate of drug-likeness (QED) is 0.707. The molecule has 1 N–H and O–H groups in total. The number of benzene rings is 1. The molecule has 1 atom stereocenters. The van der Waals surface area contributed by atoms with Gasteiger partial charge < -0.3 is 10.1 Å². The van der Waals surface area contributed by atoms with Gasteiger partial charge in [-0.05, 0) is 24.1 Å². The maximum atomic E-state index is 11.6. The van der Waals surface area contributed by atoms with Crippen LogP contribution in [0.2, 0.25) is 5.02 Å². The lowest BCUT2D eigenvalue weighted by atomic mass is 10.2. The third kappa shape index (κ3) is 6.70. The molecule has 0 saturated carbocycles. The Morgan fingerprint density at radius 1 is 1.29 bits per heavy atom. The molecule has 1 aliphatic heterocycles. The maximum absolute atomic E-state index is 11.6. The lowest BCUT2D eigenvalue weighted by Crippen LogP contribution is -2.28. The van der Waals surface area contributed by atoms with E-state index in [0.29, 0.717) is 18.0 Å². The van der Waals surface area contributed by atoms with Gasteiger partial charge >= 0.3 is 5.97 Å². The topological polar surface area (TPSA) is 89.5 Å². The van der Waals surface area contributed by atoms with Crippen molar-refractivity contribution in [2.24, 2.45) is 0 Å². The van der Waals surface area contributed by atoms with E-state index in [0.717, 1.165) is 5.56 Å². The first kappa shape index (κ1) is 19.1. The normalized spacial score (nSPS) is 19.0. The van der Waals surface area contributed by atoms with Gasteiger partial charge in [-0.2, -0.15) is 0 Å². The molecule has 1 saturated heterocycles. The Labute approximate surface area is 150 Å². The maximum Gasteiger partial charge on any atom is 0.316 e. The van der Waals surface area contributed by atoms with Gasteiger partial charge in [0.1, 0.15) is 0 Å². The van der Waals surface area contributed by atoms with Gasteiger partial charge in [-0.1, -0.05) is 23.7 Å². The van der Waals surface area contributed by atoms with Crippen LogP contribution in [0.25, 0.3) is 0 Å². The average Bonchev–Trinajstić information content (AvgIpc) is 2.89. The van der Waals surface area contributed by atoms with E-state index in [4.69, 9.17) is 16.3 Å². The van der Waals surface area contributed by atoms with Crippen molar-refractivity contribution in [2.75, 3.05) is 23.9 Å². The van der Waals surface area contributed by atoms with Crippen molar-refractivity contribution >= 4 is 45.1 Å². The Morgan fingerprint density at radius 3 is 2.62 bits per heavy atom. The summed E-state index contributed by atoms with van der Waals surface area (Å²) in [4.78, 5) is 23.2. The fourth-order valence-electron chi connectivity index (χ4n) is 2.12. The van der Waals surface area contributed by atoms with Gasteiger partial charge in [-0.25, -0.2) is 8.42 Å². The molecule has 0 aromatic heterocycles. The van der Waals surface area contributed by atoms with Crippen LogP contribution in [-0.2, 0) is 30.7 Å². The average molecular weight is 392 g/mol. The number of carbonyl (C=O) groups excluding carboxylic acids is 2. The van der Waals surface area contributed by atoms with E-state index in [1.54, 1.807) is 24.3 Å². The smallest absolute Gasteiger partial charge is 0.316 e. The van der Waals surface area contributed by atoms with Gasteiger partial charge in [0, 0.05) is 16.8 Å². The zero-order valence-corrected chi connectivity index (χ0v) is 15.3. The predicted octanol–water partition coefficient (Wildman–Crippen LogP) is 1.42. The van der Waals surface area contributed by atoms with Crippen molar-refractivity contribution in [3.05, 3.63) is 34.9 Å². The van der Waals surface area contributed by atoms with E-state index >= 15 is 0 Å². The van der Waals surface area contributed by atoms with Gasteiger partial charge in [0.05, 0.1) is 17.3 Å². The number of halogens is 1. The lowest BCUT2D eigenvalue weighted by Gasteiger charge is -2.08. The van der Waals surface area contributed by atoms with E-state index in [1.807, 2.05) is 0 Å². The fraction of sp³-hybridized carbons (Fsp3) is 0.467. The van der Waals surface area contributed by atoms with Crippen LogP contribution in [0.4, 0.5) is 0 Å². The first-order valence-electron chi connectivity index (χ1n) is 7.33. The second-order valence-corrected chi connectivity index (χ2v) is 9.35. The Bertz CT molecular complexity index is 690. The van der Waals surface area contributed by atoms with Gasteiger partial charge in [0.25, 0.3) is 5.91 Å². The van der Waals surface area contributed by atoms with E-state index in [2.05, 4.69) is 5.32 Å². The highest BCUT2D eigenvalue weighted by Gasteiger charge is 2.28. The van der Waals surface area contributed by atoms with E-state index in [9.17, 15) is 18.0 Å². The molecule has 1 heterocycles. The predicted molar refractivity (Wildman–Crippen MR) is 93.8 cm³/mol. The van der Waals surface area contributed by atoms with Gasteiger partial charge in [-0.15, -0.1) is 11.8 Å². The zero-order chi connectivity index (χ0) is 17.6. The van der Waals surface area contributed by atoms with Crippen molar-refractivity contribution in [2.45, 2.75) is 18.2 Å². The van der Waals surface area contributed by atoms with Gasteiger partial charge in [0.15, 0.2) is 16.4 Å². The van der Waals surface area contributed by atoms with Crippen molar-refractivity contribution in [3.63, 3.8) is 0 Å². The molecule has 0 unspecified atom stereocenters. The molecule has 0 aliphatic carbocycles. The number of sulfone groups is 1. The molecule has 0 radical (unpaired) electrons. The first-order valence-corrected chi connectivity index (χ1v) is 10.6. The number of esters is 1. The highest BCUT2D eigenvalue weighted by Crippen LogP contribution is 2.24. The lowest BCUT2D eigenvalue weighted by molar-refractivity contribution is -0.145. The molecule has 6 nitrogen and oxygen atoms in total. The molecule has 1 aromatic carbocycles. The summed E-state index contributed by atoms with van der Waals surface area (Å²) in [5, 5.41) is 3.19. The number of rotatable bonds is 7. The number of ether oxygens (including phenoxy) is 1. The molecular formula is C15H18ClNO5S2. The van der Waals surface area contributed by atoms with Crippen LogP contribution in [0.1, 0.15) is 12.0 Å². The van der Waals surface area contributed by atoms with Crippen molar-refractivity contribution in [1.29, 1.82) is 0 Å². The highest BCUT2D eigenvalue weighted by molar-refractivity contribution is 8.02. The van der Waals surface area contributed by atoms with Crippen LogP contribution in [0.15, 0.2) is 24.3 Å². The molecule has 1 aliphatic rings. The van der Waals surface area contributed by atoms with E-state index < -0.39 is 21.7 Å². The number of thioether (sulfide) groups is 1. The molecule has 9 heteroatoms. The molecule has 1 aromatic rings. The highest BCUT2D eigenvalue weighted by atomic mass is 35.5. The minimum absolute atomic E-state index is 0.0463. The summed E-state index contributed by atoms with van der Waals surface area (Å²) in [6.45, 7) is -0.0296. The molecule has 1 amide bonds. The van der Waals surface area contributed by atoms with Gasteiger partial charge in [-0.3, -0.25) is 9.59 Å². The molecule has 0 spiro atoms. The molecule has 0 bridgehead atoms. The molecule has 2 rings (SSSR count). The second-order valence-electron chi connectivity index (χ2n) is 5.40. The van der Waals surface area contributed by atoms with E-state index in [1.165, 1.54) is 11.8 Å². The summed E-state index contributed by atoms with van der Waals surface area (Å²) in [6, 6.07) is 7.04. The zero-order valence-electron chi connectivity index (χ0n) is 12.9. The third-order valence-corrected chi connectivity index (χ3v) is 6.90. The molecule has 24 heavy (non-hydrogen) atoms. The Kier molecular flexibility index (Phi) is 6.94. The van der Waals surface area contributed by atoms with Crippen molar-refractivity contribution < 1.29 is 22.7 Å². The fourth-order valence-corrected chi connectivity index (χ4v) is 5.69. The minimum Gasteiger partial charge on any atom is -0.455 e. The van der Waals surface area contributed by atoms with Crippen LogP contribution in [0.5, 0.6) is 0 Å². The first-order chi connectivity index (χ1) is 11.3. The largest absolute Gasteiger partial charge is 0.455 e. The SMILES string of the molecule is O=C(COC(=O)CS[C@@H]1CCS(=O)(=O)C1)NCc1ccc(Cl)cc1. The summed E-state index contributed by atoms with van der Waals surface area (Å²) in [5.41, 5.74) is 0.886. The third-order valence-electron chi connectivity index (χ3n) is 3.39. The Morgan fingerprint density at radius 2 is 2.00 bits per heavy atom. The van der Waals surface area contributed by atoms with Crippen molar-refractivity contribution in [3.8, 4) is 0 Å². The van der Waals surface area contributed by atoms with Crippen LogP contribution < -0.4 is 5.32 Å². The summed E-state index contributed by atoms with van der Waals surface area (Å²) in [6.07, 6.45) is 0.557. The minimum atomic E-state index is -2.95. The number of amides is 1. The van der Waals surface area contributed by atoms with Gasteiger partial charge in [0.2, 0.25) is 0 Å². The molecule has 1 fully saturated rings. The number of hydrogen-bond donors (Lipinski definition) is 1. The van der Waals surface area contributed by atoms with E-state index in [-0.39, 0.29) is 29.1 Å². The molecular weight excluding hydrogens is 374 g/mol. The Balaban J connectivity index is 1.61. The number of nitrogens with one attached hydrogen (secondary N) is 1. The molecule has 132 valence electrons. The second kappa shape index (κ2) is 8.73. The van der Waals surface area contributed by atoms with Crippen molar-refractivity contribution in [1.82, 2.24) is 5.32 Å².